The van der Waals surface area contributed by atoms with Gasteiger partial charge in [-0.15, -0.1) is 0 Å². The van der Waals surface area contributed by atoms with Crippen LogP contribution in [0.2, 0.25) is 0 Å². The van der Waals surface area contributed by atoms with Gasteiger partial charge in [0.05, 0.1) is 11.2 Å². The van der Waals surface area contributed by atoms with Crippen LogP contribution in [0.3, 0.4) is 0 Å². The summed E-state index contributed by atoms with van der Waals surface area (Å²) in [5, 5.41) is 0. The third kappa shape index (κ3) is 4.47. The van der Waals surface area contributed by atoms with Gasteiger partial charge >= 0.3 is 0 Å². The molecule has 1 fully saturated rings. The van der Waals surface area contributed by atoms with Gasteiger partial charge in [-0.2, -0.15) is 0 Å². The molecule has 0 radical (unpaired) electrons. The molecule has 4 aromatic rings. The molecular weight excluding hydrogens is 586 g/mol. The molecule has 37 heavy (non-hydrogen) atoms. The zero-order valence-corrected chi connectivity index (χ0v) is 24.7. The Morgan fingerprint density at radius 3 is 1.84 bits per heavy atom. The first-order chi connectivity index (χ1) is 17.8. The van der Waals surface area contributed by atoms with Gasteiger partial charge in [-0.3, -0.25) is 0 Å². The largest absolute Gasteiger partial charge is 0.360 e. The van der Waals surface area contributed by atoms with Gasteiger partial charge < -0.3 is 9.64 Å². The molecule has 1 aliphatic heterocycles. The van der Waals surface area contributed by atoms with Gasteiger partial charge in [-0.25, -0.2) is 0 Å². The van der Waals surface area contributed by atoms with Crippen molar-refractivity contribution in [2.75, 3.05) is 4.90 Å². The van der Waals surface area contributed by atoms with Gasteiger partial charge in [0.25, 0.3) is 0 Å². The number of nitrogens with zero attached hydrogens (tertiary/aromatic N) is 1. The average molecular weight is 617 g/mol. The monoisotopic (exact) mass is 615 g/mol. The molecule has 0 atom stereocenters. The van der Waals surface area contributed by atoms with Crippen LogP contribution in [0.25, 0.3) is 11.1 Å². The minimum Gasteiger partial charge on any atom is -0.360 e. The van der Waals surface area contributed by atoms with Crippen LogP contribution in [0.1, 0.15) is 56.2 Å². The van der Waals surface area contributed by atoms with E-state index in [-0.39, 0.29) is 11.2 Å². The number of aryl methyl sites for hydroxylation is 1. The van der Waals surface area contributed by atoms with Crippen molar-refractivity contribution in [3.05, 3.63) is 111 Å². The van der Waals surface area contributed by atoms with Crippen molar-refractivity contribution < 1.29 is 4.74 Å². The summed E-state index contributed by atoms with van der Waals surface area (Å²) in [5.41, 5.74) is 9.51. The van der Waals surface area contributed by atoms with Gasteiger partial charge in [-0.05, 0) is 128 Å². The highest BCUT2D eigenvalue weighted by molar-refractivity contribution is 9.10. The molecule has 0 aromatic heterocycles. The Bertz CT molecular complexity index is 1410. The summed E-state index contributed by atoms with van der Waals surface area (Å²) in [4.78, 5) is 2.32. The lowest BCUT2D eigenvalue weighted by molar-refractivity contribution is -0.122. The number of anilines is 3. The Hall–Kier alpha value is -2.40. The molecule has 4 aromatic carbocycles. The Morgan fingerprint density at radius 2 is 1.24 bits per heavy atom. The second-order valence-corrected chi connectivity index (χ2v) is 12.7. The second kappa shape index (κ2) is 9.41. The van der Waals surface area contributed by atoms with Crippen LogP contribution in [0.4, 0.5) is 17.1 Å². The highest BCUT2D eigenvalue weighted by Gasteiger charge is 2.50. The number of hydrogen-bond acceptors (Lipinski definition) is 2. The van der Waals surface area contributed by atoms with Gasteiger partial charge in [-0.1, -0.05) is 62.9 Å². The van der Waals surface area contributed by atoms with Crippen LogP contribution in [-0.2, 0) is 15.9 Å². The van der Waals surface area contributed by atoms with Crippen molar-refractivity contribution >= 4 is 48.9 Å². The first-order valence-corrected chi connectivity index (χ1v) is 14.6. The van der Waals surface area contributed by atoms with E-state index in [1.165, 1.54) is 40.7 Å². The minimum absolute atomic E-state index is 0.0891. The van der Waals surface area contributed by atoms with Gasteiger partial charge in [0.2, 0.25) is 0 Å². The Balaban J connectivity index is 1.47. The highest BCUT2D eigenvalue weighted by Crippen LogP contribution is 2.55. The predicted molar refractivity (Wildman–Crippen MR) is 161 cm³/mol. The summed E-state index contributed by atoms with van der Waals surface area (Å²) in [5.74, 6) is 0. The molecule has 0 N–H and O–H groups in total. The van der Waals surface area contributed by atoms with Crippen molar-refractivity contribution in [1.82, 2.24) is 0 Å². The molecule has 4 heteroatoms. The highest BCUT2D eigenvalue weighted by atomic mass is 79.9. The first kappa shape index (κ1) is 24.9. The third-order valence-corrected chi connectivity index (χ3v) is 9.04. The van der Waals surface area contributed by atoms with Crippen molar-refractivity contribution in [1.29, 1.82) is 0 Å². The number of fused-ring (bicyclic) bond motifs is 2. The summed E-state index contributed by atoms with van der Waals surface area (Å²) < 4.78 is 8.91. The lowest BCUT2D eigenvalue weighted by Gasteiger charge is -2.28. The summed E-state index contributed by atoms with van der Waals surface area (Å²) in [7, 11) is 0. The minimum atomic E-state index is -0.276. The average Bonchev–Trinajstić information content (AvgIpc) is 3.44. The second-order valence-electron chi connectivity index (χ2n) is 10.9. The molecule has 0 unspecified atom stereocenters. The number of halogens is 2. The number of benzene rings is 4. The molecule has 6 rings (SSSR count). The smallest absolute Gasteiger partial charge is 0.0946 e. The summed E-state index contributed by atoms with van der Waals surface area (Å²) in [6.07, 6.45) is 4.76. The van der Waals surface area contributed by atoms with Gasteiger partial charge in [0.1, 0.15) is 0 Å². The van der Waals surface area contributed by atoms with E-state index in [0.717, 1.165) is 38.8 Å². The molecule has 1 saturated carbocycles. The molecule has 1 aliphatic carbocycles. The number of rotatable bonds is 4. The quantitative estimate of drug-likeness (QED) is 0.226. The van der Waals surface area contributed by atoms with Crippen LogP contribution in [0, 0.1) is 6.92 Å². The normalized spacial score (nSPS) is 17.2. The van der Waals surface area contributed by atoms with Crippen LogP contribution >= 0.6 is 31.9 Å². The van der Waals surface area contributed by atoms with Gasteiger partial charge in [0, 0.05) is 26.0 Å². The molecule has 0 amide bonds. The van der Waals surface area contributed by atoms with Crippen LogP contribution < -0.4 is 4.90 Å². The summed E-state index contributed by atoms with van der Waals surface area (Å²) in [6, 6.07) is 30.8. The van der Waals surface area contributed by atoms with Crippen molar-refractivity contribution in [2.45, 2.75) is 57.7 Å². The van der Waals surface area contributed by atoms with Crippen molar-refractivity contribution in [3.63, 3.8) is 0 Å². The van der Waals surface area contributed by atoms with Gasteiger partial charge in [0.15, 0.2) is 0 Å². The molecule has 2 aliphatic rings. The maximum absolute atomic E-state index is 6.77. The molecule has 0 saturated heterocycles. The zero-order valence-electron chi connectivity index (χ0n) is 21.5. The fourth-order valence-corrected chi connectivity index (χ4v) is 6.74. The molecule has 0 bridgehead atoms. The standard InChI is InChI=1S/C33H31Br2NO/c1-22-6-12-28(36(26-13-8-24(34)9-14-26)27-15-10-25(35)11-16-27)21-29(22)23-7-17-30-31(20-23)32(2,3)37-33(30)18-4-5-19-33/h6-17,20-21H,4-5,18-19H2,1-3H3. The fourth-order valence-electron chi connectivity index (χ4n) is 6.21. The van der Waals surface area contributed by atoms with E-state index >= 15 is 0 Å². The Labute approximate surface area is 236 Å². The van der Waals surface area contributed by atoms with E-state index in [9.17, 15) is 0 Å². The number of hydrogen-bond donors (Lipinski definition) is 0. The number of ether oxygens (including phenoxy) is 1. The maximum atomic E-state index is 6.77. The topological polar surface area (TPSA) is 12.5 Å². The fraction of sp³-hybridized carbons (Fsp3) is 0.273. The third-order valence-electron chi connectivity index (χ3n) is 7.98. The summed E-state index contributed by atoms with van der Waals surface area (Å²) in [6.45, 7) is 6.67. The first-order valence-electron chi connectivity index (χ1n) is 13.0. The van der Waals surface area contributed by atoms with Crippen molar-refractivity contribution in [2.24, 2.45) is 0 Å². The molecular formula is C33H31Br2NO. The molecule has 1 heterocycles. The Morgan fingerprint density at radius 1 is 0.676 bits per heavy atom. The Kier molecular flexibility index (Phi) is 6.34. The van der Waals surface area contributed by atoms with E-state index in [0.29, 0.717) is 0 Å². The van der Waals surface area contributed by atoms with E-state index in [1.54, 1.807) is 0 Å². The maximum Gasteiger partial charge on any atom is 0.0946 e. The molecule has 2 nitrogen and oxygen atoms in total. The van der Waals surface area contributed by atoms with Crippen LogP contribution in [-0.4, -0.2) is 0 Å². The van der Waals surface area contributed by atoms with E-state index in [2.05, 4.69) is 142 Å². The zero-order chi connectivity index (χ0) is 25.8. The lowest BCUT2D eigenvalue weighted by Crippen LogP contribution is -2.25. The van der Waals surface area contributed by atoms with Crippen LogP contribution in [0.5, 0.6) is 0 Å². The van der Waals surface area contributed by atoms with Crippen LogP contribution in [0.15, 0.2) is 93.9 Å². The van der Waals surface area contributed by atoms with E-state index < -0.39 is 0 Å². The predicted octanol–water partition coefficient (Wildman–Crippen LogP) is 10.7. The van der Waals surface area contributed by atoms with E-state index in [1.807, 2.05) is 0 Å². The summed E-state index contributed by atoms with van der Waals surface area (Å²) >= 11 is 7.18. The SMILES string of the molecule is Cc1ccc(N(c2ccc(Br)cc2)c2ccc(Br)cc2)cc1-c1ccc2c(c1)C(C)(C)OC21CCCC1. The van der Waals surface area contributed by atoms with E-state index in [4.69, 9.17) is 4.74 Å². The molecule has 188 valence electrons. The molecule has 1 spiro atoms. The van der Waals surface area contributed by atoms with Crippen molar-refractivity contribution in [3.8, 4) is 11.1 Å². The lowest BCUT2D eigenvalue weighted by atomic mass is 9.85.